The molecule has 0 saturated heterocycles. The van der Waals surface area contributed by atoms with Gasteiger partial charge in [-0.25, -0.2) is 0 Å². The highest BCUT2D eigenvalue weighted by molar-refractivity contribution is 5.28. The van der Waals surface area contributed by atoms with Gasteiger partial charge in [0.2, 0.25) is 0 Å². The Morgan fingerprint density at radius 1 is 1.00 bits per heavy atom. The molecule has 0 aliphatic rings. The summed E-state index contributed by atoms with van der Waals surface area (Å²) in [5.74, 6) is 1.49. The summed E-state index contributed by atoms with van der Waals surface area (Å²) < 4.78 is 10.9. The van der Waals surface area contributed by atoms with Crippen LogP contribution in [0.5, 0.6) is 5.75 Å². The summed E-state index contributed by atoms with van der Waals surface area (Å²) in [4.78, 5) is 0. The Morgan fingerprint density at radius 3 is 2.25 bits per heavy atom. The number of hydrogen-bond donors (Lipinski definition) is 0. The van der Waals surface area contributed by atoms with Crippen molar-refractivity contribution in [2.45, 2.75) is 33.1 Å². The van der Waals surface area contributed by atoms with Gasteiger partial charge in [0, 0.05) is 6.61 Å². The van der Waals surface area contributed by atoms with Gasteiger partial charge in [-0.3, -0.25) is 0 Å². The quantitative estimate of drug-likeness (QED) is 0.656. The lowest BCUT2D eigenvalue weighted by Crippen LogP contribution is -2.07. The Bertz CT molecular complexity index is 277. The van der Waals surface area contributed by atoms with E-state index in [1.165, 1.54) is 5.56 Å². The van der Waals surface area contributed by atoms with E-state index in [1.807, 2.05) is 12.1 Å². The van der Waals surface area contributed by atoms with Crippen LogP contribution in [0, 0.1) is 0 Å². The highest BCUT2D eigenvalue weighted by atomic mass is 16.5. The maximum Gasteiger partial charge on any atom is 0.119 e. The maximum absolute atomic E-state index is 5.56. The summed E-state index contributed by atoms with van der Waals surface area (Å²) in [5.41, 5.74) is 1.34. The van der Waals surface area contributed by atoms with Crippen molar-refractivity contribution in [3.63, 3.8) is 0 Å². The van der Waals surface area contributed by atoms with Crippen molar-refractivity contribution in [1.82, 2.24) is 0 Å². The van der Waals surface area contributed by atoms with Crippen LogP contribution in [0.25, 0.3) is 0 Å². The van der Waals surface area contributed by atoms with E-state index in [4.69, 9.17) is 9.47 Å². The van der Waals surface area contributed by atoms with Crippen LogP contribution in [0.15, 0.2) is 24.3 Å². The maximum atomic E-state index is 5.56. The molecule has 0 amide bonds. The zero-order chi connectivity index (χ0) is 11.8. The minimum absolute atomic E-state index is 0.571. The van der Waals surface area contributed by atoms with Gasteiger partial charge in [-0.15, -0.1) is 0 Å². The topological polar surface area (TPSA) is 18.5 Å². The van der Waals surface area contributed by atoms with Crippen molar-refractivity contribution in [2.75, 3.05) is 19.8 Å². The fourth-order valence-corrected chi connectivity index (χ4v) is 1.41. The number of benzene rings is 1. The van der Waals surface area contributed by atoms with Crippen LogP contribution in [-0.2, 0) is 4.74 Å². The first-order valence-corrected chi connectivity index (χ1v) is 6.04. The molecular weight excluding hydrogens is 200 g/mol. The van der Waals surface area contributed by atoms with Crippen LogP contribution >= 0.6 is 0 Å². The molecule has 0 aromatic heterocycles. The molecule has 0 atom stereocenters. The van der Waals surface area contributed by atoms with Crippen molar-refractivity contribution in [3.8, 4) is 5.75 Å². The minimum Gasteiger partial charge on any atom is -0.491 e. The molecule has 0 unspecified atom stereocenters. The van der Waals surface area contributed by atoms with Crippen molar-refractivity contribution in [3.05, 3.63) is 29.8 Å². The van der Waals surface area contributed by atoms with E-state index in [0.29, 0.717) is 19.1 Å². The first-order valence-electron chi connectivity index (χ1n) is 6.04. The normalized spacial score (nSPS) is 10.8. The molecule has 16 heavy (non-hydrogen) atoms. The van der Waals surface area contributed by atoms with E-state index in [2.05, 4.69) is 32.9 Å². The predicted octanol–water partition coefficient (Wildman–Crippen LogP) is 3.62. The van der Waals surface area contributed by atoms with Gasteiger partial charge in [0.25, 0.3) is 0 Å². The lowest BCUT2D eigenvalue weighted by Gasteiger charge is -2.09. The van der Waals surface area contributed by atoms with Crippen molar-refractivity contribution >= 4 is 0 Å². The molecule has 1 aromatic carbocycles. The minimum atomic E-state index is 0.571. The van der Waals surface area contributed by atoms with Gasteiger partial charge in [-0.2, -0.15) is 0 Å². The van der Waals surface area contributed by atoms with Gasteiger partial charge in [0.05, 0.1) is 6.61 Å². The summed E-state index contributed by atoms with van der Waals surface area (Å²) >= 11 is 0. The fraction of sp³-hybridized carbons (Fsp3) is 0.571. The summed E-state index contributed by atoms with van der Waals surface area (Å²) in [6.07, 6.45) is 1.06. The lowest BCUT2D eigenvalue weighted by atomic mass is 10.0. The standard InChI is InChI=1S/C14H22O2/c1-4-9-15-10-11-16-14-7-5-13(6-8-14)12(2)3/h5-8,12H,4,9-11H2,1-3H3. The van der Waals surface area contributed by atoms with Crippen molar-refractivity contribution in [1.29, 1.82) is 0 Å². The third kappa shape index (κ3) is 4.67. The lowest BCUT2D eigenvalue weighted by molar-refractivity contribution is 0.101. The van der Waals surface area contributed by atoms with E-state index in [1.54, 1.807) is 0 Å². The molecule has 2 heteroatoms. The summed E-state index contributed by atoms with van der Waals surface area (Å²) in [6, 6.07) is 8.28. The second-order valence-corrected chi connectivity index (χ2v) is 4.18. The van der Waals surface area contributed by atoms with Crippen molar-refractivity contribution < 1.29 is 9.47 Å². The van der Waals surface area contributed by atoms with E-state index in [0.717, 1.165) is 18.8 Å². The molecule has 0 N–H and O–H groups in total. The molecule has 0 aliphatic carbocycles. The van der Waals surface area contributed by atoms with Crippen LogP contribution in [0.3, 0.4) is 0 Å². The molecule has 2 nitrogen and oxygen atoms in total. The zero-order valence-electron chi connectivity index (χ0n) is 10.5. The predicted molar refractivity (Wildman–Crippen MR) is 67.1 cm³/mol. The molecule has 0 heterocycles. The molecule has 0 bridgehead atoms. The number of rotatable bonds is 7. The summed E-state index contributed by atoms with van der Waals surface area (Å²) in [7, 11) is 0. The fourth-order valence-electron chi connectivity index (χ4n) is 1.41. The van der Waals surface area contributed by atoms with Gasteiger partial charge >= 0.3 is 0 Å². The SMILES string of the molecule is CCCOCCOc1ccc(C(C)C)cc1. The highest BCUT2D eigenvalue weighted by Crippen LogP contribution is 2.18. The third-order valence-corrected chi connectivity index (χ3v) is 2.39. The first-order chi connectivity index (χ1) is 7.74. The first kappa shape index (κ1) is 13.0. The number of hydrogen-bond acceptors (Lipinski definition) is 2. The number of ether oxygens (including phenoxy) is 2. The summed E-state index contributed by atoms with van der Waals surface area (Å²) in [6.45, 7) is 8.59. The van der Waals surface area contributed by atoms with E-state index >= 15 is 0 Å². The Hall–Kier alpha value is -1.02. The highest BCUT2D eigenvalue weighted by Gasteiger charge is 1.99. The van der Waals surface area contributed by atoms with Gasteiger partial charge in [-0.1, -0.05) is 32.9 Å². The Balaban J connectivity index is 2.27. The Morgan fingerprint density at radius 2 is 1.69 bits per heavy atom. The monoisotopic (exact) mass is 222 g/mol. The molecule has 0 spiro atoms. The second kappa shape index (κ2) is 7.29. The largest absolute Gasteiger partial charge is 0.491 e. The van der Waals surface area contributed by atoms with Gasteiger partial charge in [0.15, 0.2) is 0 Å². The molecule has 1 rings (SSSR count). The Kier molecular flexibility index (Phi) is 5.94. The van der Waals surface area contributed by atoms with Gasteiger partial charge in [-0.05, 0) is 30.0 Å². The smallest absolute Gasteiger partial charge is 0.119 e. The average molecular weight is 222 g/mol. The van der Waals surface area contributed by atoms with Crippen molar-refractivity contribution in [2.24, 2.45) is 0 Å². The van der Waals surface area contributed by atoms with E-state index in [-0.39, 0.29) is 0 Å². The van der Waals surface area contributed by atoms with Gasteiger partial charge < -0.3 is 9.47 Å². The van der Waals surface area contributed by atoms with E-state index < -0.39 is 0 Å². The molecule has 90 valence electrons. The second-order valence-electron chi connectivity index (χ2n) is 4.18. The van der Waals surface area contributed by atoms with Gasteiger partial charge in [0.1, 0.15) is 12.4 Å². The van der Waals surface area contributed by atoms with Crippen LogP contribution < -0.4 is 4.74 Å². The molecule has 0 aliphatic heterocycles. The molecule has 0 radical (unpaired) electrons. The van der Waals surface area contributed by atoms with Crippen LogP contribution in [-0.4, -0.2) is 19.8 Å². The van der Waals surface area contributed by atoms with E-state index in [9.17, 15) is 0 Å². The zero-order valence-corrected chi connectivity index (χ0v) is 10.5. The molecule has 0 saturated carbocycles. The molecule has 1 aromatic rings. The molecular formula is C14H22O2. The van der Waals surface area contributed by atoms with Crippen LogP contribution in [0.2, 0.25) is 0 Å². The third-order valence-electron chi connectivity index (χ3n) is 2.39. The Labute approximate surface area is 98.6 Å². The van der Waals surface area contributed by atoms with Crippen LogP contribution in [0.1, 0.15) is 38.7 Å². The molecule has 0 fully saturated rings. The van der Waals surface area contributed by atoms with Crippen LogP contribution in [0.4, 0.5) is 0 Å². The average Bonchev–Trinajstić information content (AvgIpc) is 2.29. The summed E-state index contributed by atoms with van der Waals surface area (Å²) in [5, 5.41) is 0.